The van der Waals surface area contributed by atoms with Crippen molar-refractivity contribution in [3.05, 3.63) is 65.4 Å². The van der Waals surface area contributed by atoms with Gasteiger partial charge in [-0.05, 0) is 37.8 Å². The summed E-state index contributed by atoms with van der Waals surface area (Å²) in [5, 5.41) is 0. The molecular formula is C20H22N6O. The van der Waals surface area contributed by atoms with E-state index >= 15 is 0 Å². The predicted molar refractivity (Wildman–Crippen MR) is 103 cm³/mol. The van der Waals surface area contributed by atoms with Crippen LogP contribution >= 0.6 is 0 Å². The van der Waals surface area contributed by atoms with Gasteiger partial charge in [-0.1, -0.05) is 0 Å². The van der Waals surface area contributed by atoms with Gasteiger partial charge in [-0.15, -0.1) is 0 Å². The number of aryl methyl sites for hydroxylation is 1. The van der Waals surface area contributed by atoms with Crippen molar-refractivity contribution >= 4 is 5.82 Å². The Labute approximate surface area is 157 Å². The van der Waals surface area contributed by atoms with Crippen LogP contribution < -0.4 is 10.5 Å². The van der Waals surface area contributed by atoms with Gasteiger partial charge >= 0.3 is 0 Å². The van der Waals surface area contributed by atoms with E-state index in [0.29, 0.717) is 18.2 Å². The monoisotopic (exact) mass is 362 g/mol. The minimum Gasteiger partial charge on any atom is -0.355 e. The van der Waals surface area contributed by atoms with Crippen molar-refractivity contribution in [2.45, 2.75) is 26.3 Å². The molecule has 0 saturated carbocycles. The van der Waals surface area contributed by atoms with Crippen molar-refractivity contribution in [2.24, 2.45) is 5.92 Å². The molecule has 4 rings (SSSR count). The zero-order valence-corrected chi connectivity index (χ0v) is 15.3. The van der Waals surface area contributed by atoms with Gasteiger partial charge in [0.1, 0.15) is 5.82 Å². The molecule has 1 aliphatic rings. The number of hydrogen-bond acceptors (Lipinski definition) is 6. The Morgan fingerprint density at radius 3 is 2.63 bits per heavy atom. The Hall–Kier alpha value is -3.09. The molecule has 0 spiro atoms. The van der Waals surface area contributed by atoms with E-state index < -0.39 is 0 Å². The van der Waals surface area contributed by atoms with Gasteiger partial charge in [0.05, 0.1) is 17.7 Å². The van der Waals surface area contributed by atoms with Gasteiger partial charge in [0.15, 0.2) is 0 Å². The molecule has 0 aliphatic carbocycles. The first-order valence-corrected chi connectivity index (χ1v) is 9.20. The Morgan fingerprint density at radius 2 is 1.93 bits per heavy atom. The van der Waals surface area contributed by atoms with Crippen LogP contribution in [0.25, 0.3) is 11.3 Å². The first kappa shape index (κ1) is 17.3. The highest BCUT2D eigenvalue weighted by atomic mass is 16.1. The molecule has 0 unspecified atom stereocenters. The van der Waals surface area contributed by atoms with Crippen molar-refractivity contribution in [1.29, 1.82) is 0 Å². The number of piperidine rings is 1. The maximum absolute atomic E-state index is 12.5. The summed E-state index contributed by atoms with van der Waals surface area (Å²) in [6.07, 6.45) is 10.6. The lowest BCUT2D eigenvalue weighted by Gasteiger charge is -2.33. The molecule has 1 aliphatic heterocycles. The number of nitrogens with zero attached hydrogens (tertiary/aromatic N) is 6. The summed E-state index contributed by atoms with van der Waals surface area (Å²) in [5.41, 5.74) is 2.46. The lowest BCUT2D eigenvalue weighted by Crippen LogP contribution is -2.37. The zero-order valence-electron chi connectivity index (χ0n) is 15.3. The quantitative estimate of drug-likeness (QED) is 0.709. The molecule has 3 aromatic rings. The largest absolute Gasteiger partial charge is 0.355 e. The Bertz CT molecular complexity index is 963. The highest BCUT2D eigenvalue weighted by Crippen LogP contribution is 2.24. The molecule has 138 valence electrons. The SMILES string of the molecule is Cc1nccnc1N1CCC(Cn2cnc(-c3cccnc3)cc2=O)CC1. The van der Waals surface area contributed by atoms with E-state index in [1.54, 1.807) is 41.7 Å². The molecular weight excluding hydrogens is 340 g/mol. The highest BCUT2D eigenvalue weighted by molar-refractivity contribution is 5.56. The maximum atomic E-state index is 12.5. The van der Waals surface area contributed by atoms with Crippen molar-refractivity contribution in [1.82, 2.24) is 24.5 Å². The first-order valence-electron chi connectivity index (χ1n) is 9.20. The molecule has 7 nitrogen and oxygen atoms in total. The van der Waals surface area contributed by atoms with Crippen LogP contribution in [0.2, 0.25) is 0 Å². The van der Waals surface area contributed by atoms with Crippen LogP contribution in [0.4, 0.5) is 5.82 Å². The highest BCUT2D eigenvalue weighted by Gasteiger charge is 2.22. The summed E-state index contributed by atoms with van der Waals surface area (Å²) in [7, 11) is 0. The summed E-state index contributed by atoms with van der Waals surface area (Å²) in [5.74, 6) is 1.43. The molecule has 0 radical (unpaired) electrons. The minimum atomic E-state index is -0.0175. The molecule has 7 heteroatoms. The van der Waals surface area contributed by atoms with Gasteiger partial charge in [-0.25, -0.2) is 9.97 Å². The fraction of sp³-hybridized carbons (Fsp3) is 0.350. The first-order chi connectivity index (χ1) is 13.2. The summed E-state index contributed by atoms with van der Waals surface area (Å²) >= 11 is 0. The lowest BCUT2D eigenvalue weighted by atomic mass is 9.96. The van der Waals surface area contributed by atoms with Crippen molar-refractivity contribution in [3.63, 3.8) is 0 Å². The Morgan fingerprint density at radius 1 is 1.11 bits per heavy atom. The summed E-state index contributed by atoms with van der Waals surface area (Å²) in [6.45, 7) is 4.55. The lowest BCUT2D eigenvalue weighted by molar-refractivity contribution is 0.350. The van der Waals surface area contributed by atoms with Crippen LogP contribution in [0.3, 0.4) is 0 Å². The average Bonchev–Trinajstić information content (AvgIpc) is 2.71. The third kappa shape index (κ3) is 3.86. The Balaban J connectivity index is 1.41. The Kier molecular flexibility index (Phi) is 4.91. The minimum absolute atomic E-state index is 0.0175. The van der Waals surface area contributed by atoms with E-state index in [0.717, 1.165) is 43.0 Å². The second-order valence-electron chi connectivity index (χ2n) is 6.90. The van der Waals surface area contributed by atoms with E-state index in [2.05, 4.69) is 24.8 Å². The number of anilines is 1. The number of aromatic nitrogens is 5. The molecule has 0 amide bonds. The molecule has 27 heavy (non-hydrogen) atoms. The van der Waals surface area contributed by atoms with E-state index in [4.69, 9.17) is 0 Å². The van der Waals surface area contributed by atoms with E-state index in [9.17, 15) is 4.79 Å². The molecule has 0 bridgehead atoms. The molecule has 1 saturated heterocycles. The fourth-order valence-corrected chi connectivity index (χ4v) is 3.55. The van der Waals surface area contributed by atoms with Crippen LogP contribution in [-0.2, 0) is 6.54 Å². The summed E-state index contributed by atoms with van der Waals surface area (Å²) in [6, 6.07) is 5.34. The predicted octanol–water partition coefficient (Wildman–Crippen LogP) is 2.32. The van der Waals surface area contributed by atoms with E-state index in [1.165, 1.54) is 0 Å². The molecule has 4 heterocycles. The number of pyridine rings is 1. The normalized spacial score (nSPS) is 15.1. The van der Waals surface area contributed by atoms with Crippen LogP contribution in [-0.4, -0.2) is 37.6 Å². The van der Waals surface area contributed by atoms with Gasteiger partial charge in [0.2, 0.25) is 0 Å². The van der Waals surface area contributed by atoms with Crippen LogP contribution in [0.5, 0.6) is 0 Å². The summed E-state index contributed by atoms with van der Waals surface area (Å²) in [4.78, 5) is 32.1. The second-order valence-corrected chi connectivity index (χ2v) is 6.90. The van der Waals surface area contributed by atoms with Crippen LogP contribution in [0, 0.1) is 12.8 Å². The molecule has 0 aromatic carbocycles. The van der Waals surface area contributed by atoms with E-state index in [1.807, 2.05) is 19.1 Å². The molecule has 0 N–H and O–H groups in total. The second kappa shape index (κ2) is 7.65. The fourth-order valence-electron chi connectivity index (χ4n) is 3.55. The zero-order chi connectivity index (χ0) is 18.6. The van der Waals surface area contributed by atoms with Gasteiger partial charge in [0, 0.05) is 56.1 Å². The topological polar surface area (TPSA) is 76.8 Å². The van der Waals surface area contributed by atoms with Gasteiger partial charge in [-0.3, -0.25) is 19.3 Å². The number of hydrogen-bond donors (Lipinski definition) is 0. The standard InChI is InChI=1S/C20H22N6O/c1-15-20(23-8-7-22-15)25-9-4-16(5-10-25)13-26-14-24-18(11-19(26)27)17-3-2-6-21-12-17/h2-3,6-8,11-12,14,16H,4-5,9-10,13H2,1H3. The molecule has 3 aromatic heterocycles. The molecule has 0 atom stereocenters. The third-order valence-corrected chi connectivity index (χ3v) is 5.06. The summed E-state index contributed by atoms with van der Waals surface area (Å²) < 4.78 is 1.72. The maximum Gasteiger partial charge on any atom is 0.253 e. The van der Waals surface area contributed by atoms with Gasteiger partial charge in [0.25, 0.3) is 5.56 Å². The average molecular weight is 362 g/mol. The van der Waals surface area contributed by atoms with E-state index in [-0.39, 0.29) is 5.56 Å². The van der Waals surface area contributed by atoms with Crippen molar-refractivity contribution in [2.75, 3.05) is 18.0 Å². The van der Waals surface area contributed by atoms with Crippen molar-refractivity contribution < 1.29 is 0 Å². The van der Waals surface area contributed by atoms with Gasteiger partial charge < -0.3 is 4.90 Å². The van der Waals surface area contributed by atoms with Crippen LogP contribution in [0.1, 0.15) is 18.5 Å². The van der Waals surface area contributed by atoms with Crippen LogP contribution in [0.15, 0.2) is 54.1 Å². The smallest absolute Gasteiger partial charge is 0.253 e. The van der Waals surface area contributed by atoms with Crippen molar-refractivity contribution in [3.8, 4) is 11.3 Å². The third-order valence-electron chi connectivity index (χ3n) is 5.06. The number of rotatable bonds is 4. The van der Waals surface area contributed by atoms with Gasteiger partial charge in [-0.2, -0.15) is 0 Å². The molecule has 1 fully saturated rings.